The topological polar surface area (TPSA) is 84.0 Å². The second kappa shape index (κ2) is 9.59. The number of carbonyl (C=O) groups is 2. The molecule has 0 radical (unpaired) electrons. The normalized spacial score (nSPS) is 10.9. The van der Waals surface area contributed by atoms with Gasteiger partial charge >= 0.3 is 0 Å². The van der Waals surface area contributed by atoms with Crippen molar-refractivity contribution in [3.8, 4) is 11.3 Å². The molecule has 0 saturated heterocycles. The lowest BCUT2D eigenvalue weighted by Crippen LogP contribution is -2.18. The molecule has 2 aromatic heterocycles. The predicted octanol–water partition coefficient (Wildman–Crippen LogP) is 5.35. The van der Waals surface area contributed by atoms with Crippen LogP contribution in [0.1, 0.15) is 11.1 Å². The van der Waals surface area contributed by atoms with Crippen LogP contribution in [0.25, 0.3) is 21.5 Å². The molecule has 9 heteroatoms. The van der Waals surface area contributed by atoms with Gasteiger partial charge in [0.15, 0.2) is 10.3 Å². The lowest BCUT2D eigenvalue weighted by Gasteiger charge is -2.04. The Kier molecular flexibility index (Phi) is 6.64. The highest BCUT2D eigenvalue weighted by molar-refractivity contribution is 8.00. The molecular weight excluding hydrogens is 448 g/mol. The second-order valence-corrected chi connectivity index (χ2v) is 9.81. The van der Waals surface area contributed by atoms with Crippen molar-refractivity contribution >= 4 is 66.7 Å². The summed E-state index contributed by atoms with van der Waals surface area (Å²) in [5, 5.41) is 8.66. The predicted molar refractivity (Wildman–Crippen MR) is 131 cm³/mol. The molecular formula is C22H20N4O2S3. The Hall–Kier alpha value is -2.75. The number of hydrogen-bond donors (Lipinski definition) is 2. The van der Waals surface area contributed by atoms with Crippen molar-refractivity contribution in [2.75, 3.05) is 22.1 Å². The van der Waals surface area contributed by atoms with Crippen LogP contribution in [0.15, 0.2) is 47.8 Å². The zero-order chi connectivity index (χ0) is 21.8. The lowest BCUT2D eigenvalue weighted by atomic mass is 10.0. The van der Waals surface area contributed by atoms with Gasteiger partial charge in [-0.3, -0.25) is 9.59 Å². The van der Waals surface area contributed by atoms with Gasteiger partial charge in [0.2, 0.25) is 11.8 Å². The number of benzene rings is 2. The summed E-state index contributed by atoms with van der Waals surface area (Å²) in [6.45, 7) is 4.11. The molecule has 2 heterocycles. The first-order valence-electron chi connectivity index (χ1n) is 9.54. The fourth-order valence-corrected chi connectivity index (χ4v) is 5.25. The molecule has 6 nitrogen and oxygen atoms in total. The van der Waals surface area contributed by atoms with Gasteiger partial charge < -0.3 is 10.6 Å². The molecule has 0 saturated carbocycles. The number of carbonyl (C=O) groups excluding carboxylic acids is 2. The van der Waals surface area contributed by atoms with E-state index in [1.807, 2.05) is 35.7 Å². The van der Waals surface area contributed by atoms with Gasteiger partial charge in [-0.15, -0.1) is 23.1 Å². The lowest BCUT2D eigenvalue weighted by molar-refractivity contribution is -0.114. The van der Waals surface area contributed by atoms with Crippen molar-refractivity contribution in [3.63, 3.8) is 0 Å². The van der Waals surface area contributed by atoms with E-state index in [2.05, 4.69) is 46.6 Å². The smallest absolute Gasteiger partial charge is 0.236 e. The fraction of sp³-hybridized carbons (Fsp3) is 0.182. The van der Waals surface area contributed by atoms with Crippen molar-refractivity contribution < 1.29 is 9.59 Å². The van der Waals surface area contributed by atoms with Crippen LogP contribution in [0.4, 0.5) is 10.3 Å². The van der Waals surface area contributed by atoms with Gasteiger partial charge in [-0.1, -0.05) is 47.2 Å². The van der Waals surface area contributed by atoms with Crippen LogP contribution in [0.2, 0.25) is 0 Å². The van der Waals surface area contributed by atoms with Gasteiger partial charge in [0.05, 0.1) is 27.4 Å². The molecule has 0 atom stereocenters. The van der Waals surface area contributed by atoms with E-state index in [0.717, 1.165) is 27.0 Å². The summed E-state index contributed by atoms with van der Waals surface area (Å²) >= 11 is 4.07. The van der Waals surface area contributed by atoms with E-state index in [9.17, 15) is 9.59 Å². The van der Waals surface area contributed by atoms with E-state index < -0.39 is 0 Å². The Morgan fingerprint density at radius 2 is 1.71 bits per heavy atom. The van der Waals surface area contributed by atoms with Crippen molar-refractivity contribution in [1.82, 2.24) is 9.97 Å². The molecule has 0 bridgehead atoms. The number of hydrogen-bond acceptors (Lipinski definition) is 7. The molecule has 0 aliphatic heterocycles. The van der Waals surface area contributed by atoms with Gasteiger partial charge in [0.25, 0.3) is 0 Å². The van der Waals surface area contributed by atoms with Crippen LogP contribution < -0.4 is 10.6 Å². The number of nitrogens with one attached hydrogen (secondary N) is 2. The molecule has 4 rings (SSSR count). The first-order chi connectivity index (χ1) is 15.0. The molecule has 31 heavy (non-hydrogen) atoms. The highest BCUT2D eigenvalue weighted by atomic mass is 32.2. The zero-order valence-electron chi connectivity index (χ0n) is 17.0. The summed E-state index contributed by atoms with van der Waals surface area (Å²) in [5.74, 6) is -0.0108. The Balaban J connectivity index is 1.25. The largest absolute Gasteiger partial charge is 0.301 e. The summed E-state index contributed by atoms with van der Waals surface area (Å²) in [4.78, 5) is 33.3. The Bertz CT molecular complexity index is 1220. The van der Waals surface area contributed by atoms with E-state index in [0.29, 0.717) is 10.3 Å². The number of thiazole rings is 2. The fourth-order valence-electron chi connectivity index (χ4n) is 3.03. The van der Waals surface area contributed by atoms with E-state index in [4.69, 9.17) is 0 Å². The average Bonchev–Trinajstić information content (AvgIpc) is 3.34. The monoisotopic (exact) mass is 468 g/mol. The highest BCUT2D eigenvalue weighted by Gasteiger charge is 2.12. The quantitative estimate of drug-likeness (QED) is 0.382. The van der Waals surface area contributed by atoms with Crippen molar-refractivity contribution in [2.45, 2.75) is 13.8 Å². The van der Waals surface area contributed by atoms with Gasteiger partial charge in [0.1, 0.15) is 0 Å². The minimum atomic E-state index is -0.181. The third kappa shape index (κ3) is 5.49. The first kappa shape index (κ1) is 21.5. The number of aromatic nitrogens is 2. The van der Waals surface area contributed by atoms with Crippen LogP contribution in [0.3, 0.4) is 0 Å². The third-order valence-electron chi connectivity index (χ3n) is 4.41. The van der Waals surface area contributed by atoms with E-state index in [1.165, 1.54) is 40.0 Å². The van der Waals surface area contributed by atoms with Crippen LogP contribution in [-0.2, 0) is 9.59 Å². The number of amides is 2. The van der Waals surface area contributed by atoms with Crippen LogP contribution in [0.5, 0.6) is 0 Å². The summed E-state index contributed by atoms with van der Waals surface area (Å²) < 4.78 is 1.02. The molecule has 0 fully saturated rings. The minimum absolute atomic E-state index is 0.172. The molecule has 158 valence electrons. The van der Waals surface area contributed by atoms with Crippen molar-refractivity contribution in [1.29, 1.82) is 0 Å². The first-order valence-corrected chi connectivity index (χ1v) is 12.4. The molecule has 2 N–H and O–H groups in total. The Morgan fingerprint density at radius 3 is 2.45 bits per heavy atom. The third-order valence-corrected chi connectivity index (χ3v) is 7.06. The van der Waals surface area contributed by atoms with E-state index in [1.54, 1.807) is 0 Å². The molecule has 0 aliphatic carbocycles. The molecule has 0 aliphatic rings. The van der Waals surface area contributed by atoms with Crippen LogP contribution >= 0.6 is 34.4 Å². The summed E-state index contributed by atoms with van der Waals surface area (Å²) in [6, 6.07) is 13.9. The number of rotatable bonds is 7. The van der Waals surface area contributed by atoms with E-state index in [-0.39, 0.29) is 23.3 Å². The molecule has 0 spiro atoms. The van der Waals surface area contributed by atoms with Crippen LogP contribution in [-0.4, -0.2) is 33.3 Å². The second-order valence-electron chi connectivity index (χ2n) is 6.93. The maximum atomic E-state index is 12.2. The number of aryl methyl sites for hydroxylation is 2. The molecule has 2 amide bonds. The average molecular weight is 469 g/mol. The standard InChI is InChI=1S/C22H20N4O2S3/c1-13-7-8-15(14(2)9-13)17-10-30-21(24-17)25-19(27)11-29-12-20(28)26-22-23-16-5-3-4-6-18(16)31-22/h3-10H,11-12H2,1-2H3,(H,23,26,28)(H,24,25,27). The van der Waals surface area contributed by atoms with E-state index >= 15 is 0 Å². The van der Waals surface area contributed by atoms with Crippen molar-refractivity contribution in [3.05, 3.63) is 59.0 Å². The van der Waals surface area contributed by atoms with Gasteiger partial charge in [-0.2, -0.15) is 0 Å². The SMILES string of the molecule is Cc1ccc(-c2csc(NC(=O)CSCC(=O)Nc3nc4ccccc4s3)n2)c(C)c1. The number of nitrogens with zero attached hydrogens (tertiary/aromatic N) is 2. The summed E-state index contributed by atoms with van der Waals surface area (Å²) in [7, 11) is 0. The Labute approximate surface area is 192 Å². The maximum Gasteiger partial charge on any atom is 0.236 e. The zero-order valence-corrected chi connectivity index (χ0v) is 19.4. The van der Waals surface area contributed by atoms with Crippen molar-refractivity contribution in [2.24, 2.45) is 0 Å². The maximum absolute atomic E-state index is 12.2. The number of fused-ring (bicyclic) bond motifs is 1. The molecule has 2 aromatic carbocycles. The highest BCUT2D eigenvalue weighted by Crippen LogP contribution is 2.28. The molecule has 0 unspecified atom stereocenters. The molecule has 4 aromatic rings. The van der Waals surface area contributed by atoms with Gasteiger partial charge in [-0.25, -0.2) is 9.97 Å². The summed E-state index contributed by atoms with van der Waals surface area (Å²) in [5.41, 5.74) is 5.12. The number of thioether (sulfide) groups is 1. The van der Waals surface area contributed by atoms with Gasteiger partial charge in [-0.05, 0) is 31.5 Å². The van der Waals surface area contributed by atoms with Gasteiger partial charge in [0, 0.05) is 10.9 Å². The summed E-state index contributed by atoms with van der Waals surface area (Å²) in [6.07, 6.45) is 0. The Morgan fingerprint density at radius 1 is 0.968 bits per heavy atom. The minimum Gasteiger partial charge on any atom is -0.301 e. The van der Waals surface area contributed by atoms with Crippen LogP contribution in [0, 0.1) is 13.8 Å². The number of anilines is 2. The number of para-hydroxylation sites is 1.